The maximum absolute atomic E-state index is 10.9. The molecule has 0 aliphatic heterocycles. The van der Waals surface area contributed by atoms with E-state index >= 15 is 0 Å². The maximum atomic E-state index is 10.9. The molecule has 1 aromatic carbocycles. The number of carboxylic acids is 1. The molecular weight excluding hydrogens is 238 g/mol. The highest BCUT2D eigenvalue weighted by molar-refractivity contribution is 6.30. The van der Waals surface area contributed by atoms with Gasteiger partial charge in [0, 0.05) is 17.1 Å². The lowest BCUT2D eigenvalue weighted by Gasteiger charge is -2.23. The van der Waals surface area contributed by atoms with Gasteiger partial charge in [-0.05, 0) is 31.5 Å². The third-order valence-electron chi connectivity index (χ3n) is 3.00. The Morgan fingerprint density at radius 1 is 1.35 bits per heavy atom. The van der Waals surface area contributed by atoms with Gasteiger partial charge in [0.25, 0.3) is 0 Å². The minimum Gasteiger partial charge on any atom is -0.481 e. The second-order valence-corrected chi connectivity index (χ2v) is 4.80. The second-order valence-electron chi connectivity index (χ2n) is 4.36. The van der Waals surface area contributed by atoms with Crippen molar-refractivity contribution in [1.82, 2.24) is 5.32 Å². The highest BCUT2D eigenvalue weighted by Gasteiger charge is 2.20. The Labute approximate surface area is 107 Å². The molecule has 2 unspecified atom stereocenters. The number of carboxylic acid groups (broad SMARTS) is 1. The third kappa shape index (κ3) is 4.02. The van der Waals surface area contributed by atoms with E-state index in [4.69, 9.17) is 16.7 Å². The van der Waals surface area contributed by atoms with Crippen molar-refractivity contribution in [1.29, 1.82) is 0 Å². The lowest BCUT2D eigenvalue weighted by molar-refractivity contribution is -0.142. The summed E-state index contributed by atoms with van der Waals surface area (Å²) in [4.78, 5) is 10.9. The van der Waals surface area contributed by atoms with E-state index in [1.807, 2.05) is 38.1 Å². The Kier molecular flexibility index (Phi) is 4.97. The fourth-order valence-electron chi connectivity index (χ4n) is 1.62. The van der Waals surface area contributed by atoms with E-state index in [1.54, 1.807) is 6.92 Å². The highest BCUT2D eigenvalue weighted by atomic mass is 35.5. The largest absolute Gasteiger partial charge is 0.481 e. The first-order valence-corrected chi connectivity index (χ1v) is 6.04. The molecule has 0 aromatic heterocycles. The van der Waals surface area contributed by atoms with Gasteiger partial charge in [-0.15, -0.1) is 0 Å². The lowest BCUT2D eigenvalue weighted by atomic mass is 10.0. The van der Waals surface area contributed by atoms with Gasteiger partial charge < -0.3 is 10.4 Å². The highest BCUT2D eigenvalue weighted by Crippen LogP contribution is 2.18. The molecule has 4 heteroatoms. The van der Waals surface area contributed by atoms with Crippen molar-refractivity contribution in [2.24, 2.45) is 5.92 Å². The van der Waals surface area contributed by atoms with Gasteiger partial charge in [-0.1, -0.05) is 30.7 Å². The predicted octanol–water partition coefficient (Wildman–Crippen LogP) is 3.10. The summed E-state index contributed by atoms with van der Waals surface area (Å²) >= 11 is 5.92. The molecule has 0 heterocycles. The van der Waals surface area contributed by atoms with Crippen LogP contribution in [0.25, 0.3) is 0 Å². The molecule has 0 bridgehead atoms. The SMILES string of the molecule is CC(N[C@@H](C)c1cccc(Cl)c1)C(C)C(=O)O. The van der Waals surface area contributed by atoms with Crippen LogP contribution >= 0.6 is 11.6 Å². The molecule has 17 heavy (non-hydrogen) atoms. The minimum absolute atomic E-state index is 0.0745. The quantitative estimate of drug-likeness (QED) is 0.850. The van der Waals surface area contributed by atoms with E-state index in [0.29, 0.717) is 5.02 Å². The van der Waals surface area contributed by atoms with Gasteiger partial charge in [-0.2, -0.15) is 0 Å². The van der Waals surface area contributed by atoms with E-state index in [1.165, 1.54) is 0 Å². The summed E-state index contributed by atoms with van der Waals surface area (Å²) in [7, 11) is 0. The van der Waals surface area contributed by atoms with Crippen molar-refractivity contribution in [3.05, 3.63) is 34.9 Å². The van der Waals surface area contributed by atoms with Gasteiger partial charge in [0.15, 0.2) is 0 Å². The molecule has 94 valence electrons. The van der Waals surface area contributed by atoms with Gasteiger partial charge in [-0.25, -0.2) is 0 Å². The molecule has 0 aliphatic rings. The van der Waals surface area contributed by atoms with Crippen molar-refractivity contribution < 1.29 is 9.90 Å². The third-order valence-corrected chi connectivity index (χ3v) is 3.24. The molecule has 0 radical (unpaired) electrons. The summed E-state index contributed by atoms with van der Waals surface area (Å²) in [6.45, 7) is 5.57. The fraction of sp³-hybridized carbons (Fsp3) is 0.462. The summed E-state index contributed by atoms with van der Waals surface area (Å²) in [6, 6.07) is 7.55. The molecule has 0 saturated carbocycles. The average Bonchev–Trinajstić information content (AvgIpc) is 2.27. The van der Waals surface area contributed by atoms with Crippen LogP contribution in [0, 0.1) is 5.92 Å². The summed E-state index contributed by atoms with van der Waals surface area (Å²) in [5, 5.41) is 12.9. The molecule has 3 nitrogen and oxygen atoms in total. The van der Waals surface area contributed by atoms with Gasteiger partial charge in [0.1, 0.15) is 0 Å². The number of aliphatic carboxylic acids is 1. The van der Waals surface area contributed by atoms with E-state index in [2.05, 4.69) is 5.32 Å². The van der Waals surface area contributed by atoms with Crippen LogP contribution in [0.4, 0.5) is 0 Å². The first-order chi connectivity index (χ1) is 7.91. The molecule has 1 rings (SSSR count). The standard InChI is InChI=1S/C13H18ClNO2/c1-8(13(16)17)9(2)15-10(3)11-5-4-6-12(14)7-11/h4-10,15H,1-3H3,(H,16,17)/t8?,9?,10-/m0/s1. The minimum atomic E-state index is -0.789. The Balaban J connectivity index is 2.66. The maximum Gasteiger partial charge on any atom is 0.307 e. The van der Waals surface area contributed by atoms with Crippen LogP contribution < -0.4 is 5.32 Å². The number of nitrogens with one attached hydrogen (secondary N) is 1. The zero-order valence-corrected chi connectivity index (χ0v) is 11.0. The van der Waals surface area contributed by atoms with E-state index in [-0.39, 0.29) is 12.1 Å². The number of hydrogen-bond acceptors (Lipinski definition) is 2. The molecule has 0 aliphatic carbocycles. The summed E-state index contributed by atoms with van der Waals surface area (Å²) in [6.07, 6.45) is 0. The molecule has 0 amide bonds. The Morgan fingerprint density at radius 3 is 2.53 bits per heavy atom. The Hall–Kier alpha value is -1.06. The zero-order valence-electron chi connectivity index (χ0n) is 10.3. The monoisotopic (exact) mass is 255 g/mol. The van der Waals surface area contributed by atoms with Crippen LogP contribution in [-0.2, 0) is 4.79 Å². The first-order valence-electron chi connectivity index (χ1n) is 5.66. The van der Waals surface area contributed by atoms with Gasteiger partial charge in [0.05, 0.1) is 5.92 Å². The number of hydrogen-bond donors (Lipinski definition) is 2. The van der Waals surface area contributed by atoms with Crippen molar-refractivity contribution in [3.8, 4) is 0 Å². The normalized spacial score (nSPS) is 16.2. The summed E-state index contributed by atoms with van der Waals surface area (Å²) in [5.41, 5.74) is 1.06. The number of benzene rings is 1. The van der Waals surface area contributed by atoms with Crippen molar-refractivity contribution in [2.75, 3.05) is 0 Å². The topological polar surface area (TPSA) is 49.3 Å². The van der Waals surface area contributed by atoms with Gasteiger partial charge in [-0.3, -0.25) is 4.79 Å². The Morgan fingerprint density at radius 2 is 2.00 bits per heavy atom. The lowest BCUT2D eigenvalue weighted by Crippen LogP contribution is -2.37. The second kappa shape index (κ2) is 6.03. The number of carbonyl (C=O) groups is 1. The number of halogens is 1. The van der Waals surface area contributed by atoms with Crippen LogP contribution in [0.3, 0.4) is 0 Å². The summed E-state index contributed by atoms with van der Waals surface area (Å²) in [5.74, 6) is -1.21. The molecule has 0 spiro atoms. The van der Waals surface area contributed by atoms with Crippen LogP contribution in [-0.4, -0.2) is 17.1 Å². The van der Waals surface area contributed by atoms with Crippen LogP contribution in [0.1, 0.15) is 32.4 Å². The first kappa shape index (κ1) is 14.0. The molecule has 1 aromatic rings. The van der Waals surface area contributed by atoms with Gasteiger partial charge >= 0.3 is 5.97 Å². The fourth-order valence-corrected chi connectivity index (χ4v) is 1.82. The smallest absolute Gasteiger partial charge is 0.307 e. The predicted molar refractivity (Wildman–Crippen MR) is 69.3 cm³/mol. The Bertz CT molecular complexity index is 395. The van der Waals surface area contributed by atoms with Crippen LogP contribution in [0.2, 0.25) is 5.02 Å². The van der Waals surface area contributed by atoms with Gasteiger partial charge in [0.2, 0.25) is 0 Å². The zero-order chi connectivity index (χ0) is 13.0. The summed E-state index contributed by atoms with van der Waals surface area (Å²) < 4.78 is 0. The van der Waals surface area contributed by atoms with Crippen molar-refractivity contribution in [3.63, 3.8) is 0 Å². The molecule has 0 saturated heterocycles. The van der Waals surface area contributed by atoms with E-state index < -0.39 is 11.9 Å². The molecule has 2 N–H and O–H groups in total. The number of rotatable bonds is 5. The van der Waals surface area contributed by atoms with Crippen LogP contribution in [0.5, 0.6) is 0 Å². The van der Waals surface area contributed by atoms with Crippen molar-refractivity contribution in [2.45, 2.75) is 32.9 Å². The molecule has 0 fully saturated rings. The van der Waals surface area contributed by atoms with E-state index in [0.717, 1.165) is 5.56 Å². The average molecular weight is 256 g/mol. The van der Waals surface area contributed by atoms with Crippen LogP contribution in [0.15, 0.2) is 24.3 Å². The molecular formula is C13H18ClNO2. The van der Waals surface area contributed by atoms with Crippen molar-refractivity contribution >= 4 is 17.6 Å². The van der Waals surface area contributed by atoms with E-state index in [9.17, 15) is 4.79 Å². The molecule has 3 atom stereocenters.